The van der Waals surface area contributed by atoms with Gasteiger partial charge in [0.25, 0.3) is 5.69 Å². The molecule has 2 aliphatic heterocycles. The van der Waals surface area contributed by atoms with E-state index in [2.05, 4.69) is 0 Å². The number of nitro groups is 1. The number of amides is 2. The largest absolute Gasteiger partial charge is 0.490 e. The van der Waals surface area contributed by atoms with Gasteiger partial charge in [-0.2, -0.15) is 0 Å². The van der Waals surface area contributed by atoms with Crippen LogP contribution in [0.5, 0.6) is 5.75 Å². The second kappa shape index (κ2) is 12.9. The Morgan fingerprint density at radius 3 is 1.78 bits per heavy atom. The van der Waals surface area contributed by atoms with Crippen molar-refractivity contribution in [1.29, 1.82) is 0 Å². The Kier molecular flexibility index (Phi) is 10.5. The van der Waals surface area contributed by atoms with Gasteiger partial charge in [-0.05, 0) is 60.5 Å². The van der Waals surface area contributed by atoms with Crippen LogP contribution in [0.1, 0.15) is 67.2 Å². The predicted octanol–water partition coefficient (Wildman–Crippen LogP) is 4.75. The van der Waals surface area contributed by atoms with E-state index in [0.717, 1.165) is 0 Å². The molecule has 0 aromatic heterocycles. The van der Waals surface area contributed by atoms with Gasteiger partial charge in [0.2, 0.25) is 0 Å². The number of benzene rings is 1. The van der Waals surface area contributed by atoms with Crippen LogP contribution >= 0.6 is 0 Å². The number of rotatable bonds is 3. The highest BCUT2D eigenvalue weighted by Crippen LogP contribution is 2.24. The molecular formula is C26H41N3O8. The number of hydrogen-bond acceptors (Lipinski definition) is 8. The van der Waals surface area contributed by atoms with Gasteiger partial charge in [0.05, 0.1) is 17.1 Å². The number of nitrogens with zero attached hydrogens (tertiary/aromatic N) is 3. The van der Waals surface area contributed by atoms with Crippen LogP contribution in [-0.2, 0) is 9.47 Å². The fraction of sp³-hybridized carbons (Fsp3) is 0.692. The van der Waals surface area contributed by atoms with E-state index < -0.39 is 16.1 Å². The predicted molar refractivity (Wildman–Crippen MR) is 138 cm³/mol. The van der Waals surface area contributed by atoms with Crippen molar-refractivity contribution in [3.63, 3.8) is 0 Å². The first-order valence-electron chi connectivity index (χ1n) is 12.7. The molecule has 1 aromatic carbocycles. The van der Waals surface area contributed by atoms with E-state index in [1.165, 1.54) is 12.1 Å². The molecule has 208 valence electrons. The monoisotopic (exact) mass is 523 g/mol. The summed E-state index contributed by atoms with van der Waals surface area (Å²) in [6.07, 6.45) is 1.74. The first-order valence-corrected chi connectivity index (χ1v) is 12.7. The molecule has 0 radical (unpaired) electrons. The normalized spacial score (nSPS) is 17.4. The molecule has 0 aliphatic carbocycles. The Bertz CT molecular complexity index is 909. The number of carbonyl (C=O) groups excluding carboxylic acids is 2. The Morgan fingerprint density at radius 2 is 1.35 bits per heavy atom. The maximum atomic E-state index is 12.0. The third-order valence-corrected chi connectivity index (χ3v) is 5.54. The Morgan fingerprint density at radius 1 is 0.892 bits per heavy atom. The van der Waals surface area contributed by atoms with Gasteiger partial charge in [-0.3, -0.25) is 10.1 Å². The number of likely N-dealkylation sites (tertiary alicyclic amines) is 2. The molecule has 2 fully saturated rings. The highest BCUT2D eigenvalue weighted by atomic mass is 16.6. The zero-order valence-electron chi connectivity index (χ0n) is 22.8. The summed E-state index contributed by atoms with van der Waals surface area (Å²) < 4.78 is 16.4. The van der Waals surface area contributed by atoms with Crippen LogP contribution in [0.4, 0.5) is 15.3 Å². The Balaban J connectivity index is 0.000000294. The minimum Gasteiger partial charge on any atom is -0.490 e. The highest BCUT2D eigenvalue weighted by molar-refractivity contribution is 5.68. The fourth-order valence-electron chi connectivity index (χ4n) is 3.72. The molecule has 2 saturated heterocycles. The average molecular weight is 524 g/mol. The molecule has 2 aliphatic rings. The van der Waals surface area contributed by atoms with Gasteiger partial charge in [0.1, 0.15) is 23.1 Å². The lowest BCUT2D eigenvalue weighted by molar-refractivity contribution is -0.385. The number of aliphatic hydroxyl groups excluding tert-OH is 1. The summed E-state index contributed by atoms with van der Waals surface area (Å²) in [6.45, 7) is 13.3. The van der Waals surface area contributed by atoms with Gasteiger partial charge in [0, 0.05) is 45.1 Å². The number of ether oxygens (including phenoxy) is 3. The van der Waals surface area contributed by atoms with Crippen molar-refractivity contribution in [2.24, 2.45) is 0 Å². The lowest BCUT2D eigenvalue weighted by Crippen LogP contribution is -2.44. The molecule has 0 saturated carbocycles. The number of hydrogen-bond donors (Lipinski definition) is 1. The van der Waals surface area contributed by atoms with Crippen molar-refractivity contribution in [1.82, 2.24) is 9.80 Å². The van der Waals surface area contributed by atoms with E-state index in [4.69, 9.17) is 14.2 Å². The van der Waals surface area contributed by atoms with Crippen LogP contribution in [-0.4, -0.2) is 81.6 Å². The van der Waals surface area contributed by atoms with Crippen LogP contribution < -0.4 is 4.74 Å². The number of non-ortho nitro benzene ring substituents is 1. The van der Waals surface area contributed by atoms with Crippen LogP contribution in [0, 0.1) is 10.1 Å². The lowest BCUT2D eigenvalue weighted by Gasteiger charge is -2.33. The second-order valence-corrected chi connectivity index (χ2v) is 11.2. The first kappa shape index (κ1) is 30.1. The average Bonchev–Trinajstić information content (AvgIpc) is 2.78. The molecule has 0 atom stereocenters. The van der Waals surface area contributed by atoms with Crippen molar-refractivity contribution < 1.29 is 33.8 Å². The molecule has 3 rings (SSSR count). The molecule has 11 nitrogen and oxygen atoms in total. The van der Waals surface area contributed by atoms with Crippen molar-refractivity contribution in [3.8, 4) is 5.75 Å². The number of aliphatic hydroxyl groups is 1. The second-order valence-electron chi connectivity index (χ2n) is 11.2. The zero-order chi connectivity index (χ0) is 27.8. The van der Waals surface area contributed by atoms with Gasteiger partial charge in [-0.25, -0.2) is 9.59 Å². The number of nitro benzene ring substituents is 1. The standard InChI is InChI=1S/C16H22N2O5.C10H19NO3/c1-16(2,3)23-15(19)17-9-7-13(8-10-17)22-14-6-4-5-12(11-14)18(20)21;1-10(2,3)14-9(13)11-6-4-8(12)5-7-11/h4-6,11,13H,7-10H2,1-3H3;8,12H,4-7H2,1-3H3. The van der Waals surface area contributed by atoms with Crippen molar-refractivity contribution in [3.05, 3.63) is 34.4 Å². The maximum Gasteiger partial charge on any atom is 0.410 e. The van der Waals surface area contributed by atoms with E-state index in [0.29, 0.717) is 57.6 Å². The Hall–Kier alpha value is -3.08. The molecule has 0 unspecified atom stereocenters. The summed E-state index contributed by atoms with van der Waals surface area (Å²) in [6, 6.07) is 6.15. The Labute approximate surface area is 218 Å². The van der Waals surface area contributed by atoms with Crippen LogP contribution in [0.2, 0.25) is 0 Å². The molecule has 1 aromatic rings. The summed E-state index contributed by atoms with van der Waals surface area (Å²) in [5.74, 6) is 0.481. The van der Waals surface area contributed by atoms with Gasteiger partial charge < -0.3 is 29.1 Å². The van der Waals surface area contributed by atoms with E-state index in [-0.39, 0.29) is 30.1 Å². The minimum absolute atomic E-state index is 0.00805. The summed E-state index contributed by atoms with van der Waals surface area (Å²) >= 11 is 0. The van der Waals surface area contributed by atoms with Crippen LogP contribution in [0.3, 0.4) is 0 Å². The van der Waals surface area contributed by atoms with Crippen LogP contribution in [0.15, 0.2) is 24.3 Å². The van der Waals surface area contributed by atoms with Crippen molar-refractivity contribution in [2.75, 3.05) is 26.2 Å². The summed E-state index contributed by atoms with van der Waals surface area (Å²) in [7, 11) is 0. The minimum atomic E-state index is -0.507. The van der Waals surface area contributed by atoms with E-state index in [1.54, 1.807) is 21.9 Å². The van der Waals surface area contributed by atoms with E-state index >= 15 is 0 Å². The maximum absolute atomic E-state index is 12.0. The summed E-state index contributed by atoms with van der Waals surface area (Å²) in [4.78, 5) is 37.2. The number of carbonyl (C=O) groups is 2. The van der Waals surface area contributed by atoms with E-state index in [1.807, 2.05) is 41.5 Å². The molecule has 11 heteroatoms. The molecule has 0 bridgehead atoms. The van der Waals surface area contributed by atoms with Crippen molar-refractivity contribution >= 4 is 17.9 Å². The molecule has 0 spiro atoms. The van der Waals surface area contributed by atoms with Gasteiger partial charge in [0.15, 0.2) is 0 Å². The van der Waals surface area contributed by atoms with Crippen LogP contribution in [0.25, 0.3) is 0 Å². The first-order chi connectivity index (χ1) is 17.1. The van der Waals surface area contributed by atoms with Gasteiger partial charge >= 0.3 is 12.2 Å². The molecular weight excluding hydrogens is 482 g/mol. The third kappa shape index (κ3) is 11.2. The highest BCUT2D eigenvalue weighted by Gasteiger charge is 2.28. The van der Waals surface area contributed by atoms with Gasteiger partial charge in [-0.1, -0.05) is 6.07 Å². The van der Waals surface area contributed by atoms with Gasteiger partial charge in [-0.15, -0.1) is 0 Å². The number of piperidine rings is 2. The summed E-state index contributed by atoms with van der Waals surface area (Å²) in [5, 5.41) is 20.0. The topological polar surface area (TPSA) is 132 Å². The lowest BCUT2D eigenvalue weighted by atomic mass is 10.1. The SMILES string of the molecule is CC(C)(C)OC(=O)N1CCC(O)CC1.CC(C)(C)OC(=O)N1CCC(Oc2cccc([N+](=O)[O-])c2)CC1. The fourth-order valence-corrected chi connectivity index (χ4v) is 3.72. The zero-order valence-corrected chi connectivity index (χ0v) is 22.8. The van der Waals surface area contributed by atoms with E-state index in [9.17, 15) is 24.8 Å². The summed E-state index contributed by atoms with van der Waals surface area (Å²) in [5.41, 5.74) is -0.936. The third-order valence-electron chi connectivity index (χ3n) is 5.54. The molecule has 1 N–H and O–H groups in total. The van der Waals surface area contributed by atoms with Crippen molar-refractivity contribution in [2.45, 2.75) is 90.6 Å². The molecule has 2 heterocycles. The quantitative estimate of drug-likeness (QED) is 0.443. The molecule has 37 heavy (non-hydrogen) atoms. The smallest absolute Gasteiger partial charge is 0.410 e. The molecule has 2 amide bonds.